The van der Waals surface area contributed by atoms with Gasteiger partial charge in [-0.2, -0.15) is 0 Å². The molecule has 2 heterocycles. The molecular formula is C29H27NO5. The van der Waals surface area contributed by atoms with Crippen LogP contribution in [-0.2, 0) is 16.0 Å². The molecule has 3 aromatic rings. The van der Waals surface area contributed by atoms with E-state index in [0.29, 0.717) is 29.2 Å². The van der Waals surface area contributed by atoms with Crippen LogP contribution in [0.4, 0.5) is 5.69 Å². The van der Waals surface area contributed by atoms with Gasteiger partial charge >= 0.3 is 0 Å². The van der Waals surface area contributed by atoms with Crippen LogP contribution in [0.5, 0.6) is 11.5 Å². The molecule has 2 aliphatic rings. The predicted octanol–water partition coefficient (Wildman–Crippen LogP) is 5.47. The molecule has 0 aromatic heterocycles. The molecule has 6 heteroatoms. The number of benzene rings is 3. The van der Waals surface area contributed by atoms with Crippen LogP contribution >= 0.6 is 0 Å². The fourth-order valence-corrected chi connectivity index (χ4v) is 4.85. The van der Waals surface area contributed by atoms with Gasteiger partial charge in [-0.1, -0.05) is 38.1 Å². The van der Waals surface area contributed by atoms with Gasteiger partial charge in [-0.25, -0.2) is 0 Å². The maximum atomic E-state index is 13.3. The molecule has 1 amide bonds. The lowest BCUT2D eigenvalue weighted by Gasteiger charge is -2.26. The Morgan fingerprint density at radius 2 is 1.77 bits per heavy atom. The lowest BCUT2D eigenvalue weighted by molar-refractivity contribution is -0.132. The SMILES string of the molecule is CC1Cc2cc(/C(O)=C3/C(=O)C(=O)N(c4ccc(C(C)C)cc4)C3c3cccc(O)c3)ccc2O1. The third-order valence-corrected chi connectivity index (χ3v) is 6.64. The first-order chi connectivity index (χ1) is 16.7. The van der Waals surface area contributed by atoms with Gasteiger partial charge in [0.25, 0.3) is 11.7 Å². The monoisotopic (exact) mass is 469 g/mol. The Kier molecular flexibility index (Phi) is 5.59. The molecule has 35 heavy (non-hydrogen) atoms. The van der Waals surface area contributed by atoms with Crippen molar-refractivity contribution < 1.29 is 24.5 Å². The molecule has 0 radical (unpaired) electrons. The minimum atomic E-state index is -0.893. The van der Waals surface area contributed by atoms with E-state index < -0.39 is 17.7 Å². The highest BCUT2D eigenvalue weighted by molar-refractivity contribution is 6.51. The van der Waals surface area contributed by atoms with Crippen molar-refractivity contribution in [3.05, 3.63) is 94.6 Å². The van der Waals surface area contributed by atoms with Crippen molar-refractivity contribution in [1.29, 1.82) is 0 Å². The molecule has 1 saturated heterocycles. The van der Waals surface area contributed by atoms with Gasteiger partial charge in [-0.3, -0.25) is 14.5 Å². The Bertz CT molecular complexity index is 1360. The third-order valence-electron chi connectivity index (χ3n) is 6.64. The number of anilines is 1. The maximum absolute atomic E-state index is 13.3. The summed E-state index contributed by atoms with van der Waals surface area (Å²) in [5.74, 6) is -0.673. The first-order valence-corrected chi connectivity index (χ1v) is 11.7. The topological polar surface area (TPSA) is 87.1 Å². The number of fused-ring (bicyclic) bond motifs is 1. The fourth-order valence-electron chi connectivity index (χ4n) is 4.85. The number of aliphatic hydroxyl groups is 1. The molecule has 1 fully saturated rings. The fraction of sp³-hybridized carbons (Fsp3) is 0.241. The number of Topliss-reactive ketones (excluding diaryl/α,β-unsaturated/α-hetero) is 1. The van der Waals surface area contributed by atoms with Crippen LogP contribution in [0.25, 0.3) is 5.76 Å². The zero-order valence-corrected chi connectivity index (χ0v) is 19.9. The first-order valence-electron chi connectivity index (χ1n) is 11.7. The van der Waals surface area contributed by atoms with Gasteiger partial charge in [0, 0.05) is 17.7 Å². The molecule has 0 aliphatic carbocycles. The minimum Gasteiger partial charge on any atom is -0.508 e. The number of ketones is 1. The van der Waals surface area contributed by atoms with Crippen molar-refractivity contribution in [2.24, 2.45) is 0 Å². The van der Waals surface area contributed by atoms with Crippen molar-refractivity contribution in [3.63, 3.8) is 0 Å². The molecule has 0 saturated carbocycles. The van der Waals surface area contributed by atoms with E-state index in [9.17, 15) is 19.8 Å². The molecule has 178 valence electrons. The standard InChI is InChI=1S/C29H27NO5/c1-16(2)18-7-10-22(11-8-18)30-26(19-5-4-6-23(31)15-19)25(28(33)29(30)34)27(32)20-9-12-24-21(14-20)13-17(3)35-24/h4-12,14-17,26,31-32H,13H2,1-3H3/b27-25-. The number of phenolic OH excluding ortho intramolecular Hbond substituents is 1. The molecule has 0 bridgehead atoms. The maximum Gasteiger partial charge on any atom is 0.300 e. The van der Waals surface area contributed by atoms with E-state index >= 15 is 0 Å². The normalized spacial score (nSPS) is 20.9. The molecule has 2 aliphatic heterocycles. The number of rotatable bonds is 4. The van der Waals surface area contributed by atoms with E-state index in [2.05, 4.69) is 13.8 Å². The number of aromatic hydroxyl groups is 1. The summed E-state index contributed by atoms with van der Waals surface area (Å²) in [6, 6.07) is 18.3. The average Bonchev–Trinajstić information content (AvgIpc) is 3.34. The Labute approximate surface area is 204 Å². The van der Waals surface area contributed by atoms with Crippen LogP contribution in [0, 0.1) is 0 Å². The van der Waals surface area contributed by atoms with E-state index in [1.165, 1.54) is 17.0 Å². The molecule has 2 N–H and O–H groups in total. The van der Waals surface area contributed by atoms with Crippen LogP contribution < -0.4 is 9.64 Å². The highest BCUT2D eigenvalue weighted by atomic mass is 16.5. The predicted molar refractivity (Wildman–Crippen MR) is 134 cm³/mol. The summed E-state index contributed by atoms with van der Waals surface area (Å²) in [7, 11) is 0. The lowest BCUT2D eigenvalue weighted by Crippen LogP contribution is -2.29. The Balaban J connectivity index is 1.67. The quantitative estimate of drug-likeness (QED) is 0.301. The Morgan fingerprint density at radius 1 is 1.03 bits per heavy atom. The number of amides is 1. The first kappa shape index (κ1) is 22.7. The highest BCUT2D eigenvalue weighted by Crippen LogP contribution is 2.43. The van der Waals surface area contributed by atoms with E-state index in [0.717, 1.165) is 16.9 Å². The van der Waals surface area contributed by atoms with Gasteiger partial charge < -0.3 is 14.9 Å². The molecule has 6 nitrogen and oxygen atoms in total. The lowest BCUT2D eigenvalue weighted by atomic mass is 9.94. The number of carbonyl (C=O) groups excluding carboxylic acids is 2. The molecule has 2 unspecified atom stereocenters. The van der Waals surface area contributed by atoms with Crippen molar-refractivity contribution in [1.82, 2.24) is 0 Å². The van der Waals surface area contributed by atoms with E-state index in [4.69, 9.17) is 4.74 Å². The summed E-state index contributed by atoms with van der Waals surface area (Å²) >= 11 is 0. The number of hydrogen-bond acceptors (Lipinski definition) is 5. The number of nitrogens with zero attached hydrogens (tertiary/aromatic N) is 1. The second kappa shape index (κ2) is 8.62. The summed E-state index contributed by atoms with van der Waals surface area (Å²) in [6.45, 7) is 6.13. The van der Waals surface area contributed by atoms with Crippen molar-refractivity contribution in [3.8, 4) is 11.5 Å². The van der Waals surface area contributed by atoms with E-state index in [1.807, 2.05) is 31.2 Å². The van der Waals surface area contributed by atoms with Crippen molar-refractivity contribution in [2.75, 3.05) is 4.90 Å². The molecular weight excluding hydrogens is 442 g/mol. The highest BCUT2D eigenvalue weighted by Gasteiger charge is 2.47. The summed E-state index contributed by atoms with van der Waals surface area (Å²) in [6.07, 6.45) is 0.734. The van der Waals surface area contributed by atoms with Crippen LogP contribution in [-0.4, -0.2) is 28.0 Å². The molecule has 2 atom stereocenters. The van der Waals surface area contributed by atoms with Crippen LogP contribution in [0.3, 0.4) is 0 Å². The zero-order valence-electron chi connectivity index (χ0n) is 19.9. The number of aliphatic hydroxyl groups excluding tert-OH is 1. The third kappa shape index (κ3) is 3.95. The summed E-state index contributed by atoms with van der Waals surface area (Å²) in [4.78, 5) is 28.0. The largest absolute Gasteiger partial charge is 0.508 e. The second-order valence-electron chi connectivity index (χ2n) is 9.47. The number of phenols is 1. The second-order valence-corrected chi connectivity index (χ2v) is 9.47. The van der Waals surface area contributed by atoms with Gasteiger partial charge in [-0.05, 0) is 72.0 Å². The van der Waals surface area contributed by atoms with E-state index in [-0.39, 0.29) is 23.2 Å². The number of carbonyl (C=O) groups is 2. The summed E-state index contributed by atoms with van der Waals surface area (Å²) in [5.41, 5.74) is 3.54. The minimum absolute atomic E-state index is 0.00640. The smallest absolute Gasteiger partial charge is 0.300 e. The number of ether oxygens (including phenoxy) is 1. The van der Waals surface area contributed by atoms with Gasteiger partial charge in [-0.15, -0.1) is 0 Å². The van der Waals surface area contributed by atoms with Crippen LogP contribution in [0.15, 0.2) is 72.3 Å². The summed E-state index contributed by atoms with van der Waals surface area (Å²) < 4.78 is 5.76. The Hall–Kier alpha value is -4.06. The molecule has 0 spiro atoms. The zero-order chi connectivity index (χ0) is 24.9. The number of hydrogen-bond donors (Lipinski definition) is 2. The van der Waals surface area contributed by atoms with E-state index in [1.54, 1.807) is 30.3 Å². The molecule has 5 rings (SSSR count). The van der Waals surface area contributed by atoms with Crippen LogP contribution in [0.1, 0.15) is 55.0 Å². The average molecular weight is 470 g/mol. The molecule has 3 aromatic carbocycles. The van der Waals surface area contributed by atoms with Gasteiger partial charge in [0.2, 0.25) is 0 Å². The van der Waals surface area contributed by atoms with Gasteiger partial charge in [0.05, 0.1) is 11.6 Å². The summed E-state index contributed by atoms with van der Waals surface area (Å²) in [5, 5.41) is 21.5. The van der Waals surface area contributed by atoms with Gasteiger partial charge in [0.15, 0.2) is 0 Å². The van der Waals surface area contributed by atoms with Gasteiger partial charge in [0.1, 0.15) is 23.4 Å². The Morgan fingerprint density at radius 3 is 2.46 bits per heavy atom. The van der Waals surface area contributed by atoms with Crippen LogP contribution in [0.2, 0.25) is 0 Å². The van der Waals surface area contributed by atoms with Crippen molar-refractivity contribution >= 4 is 23.1 Å². The van der Waals surface area contributed by atoms with Crippen molar-refractivity contribution in [2.45, 2.75) is 45.3 Å².